The number of hydrogen-bond acceptors (Lipinski definition) is 6. The molecule has 0 fully saturated rings. The second-order valence-corrected chi connectivity index (χ2v) is 6.79. The van der Waals surface area contributed by atoms with Crippen molar-refractivity contribution >= 4 is 23.5 Å². The Bertz CT molecular complexity index is 1080. The number of benzene rings is 3. The Labute approximate surface area is 191 Å². The molecule has 0 aliphatic carbocycles. The summed E-state index contributed by atoms with van der Waals surface area (Å²) in [5, 5.41) is 5.09. The number of nitrogens with one attached hydrogen (secondary N) is 2. The van der Waals surface area contributed by atoms with Gasteiger partial charge < -0.3 is 24.8 Å². The molecule has 170 valence electrons. The molecule has 0 radical (unpaired) electrons. The van der Waals surface area contributed by atoms with Crippen molar-refractivity contribution in [1.82, 2.24) is 5.32 Å². The second kappa shape index (κ2) is 11.9. The van der Waals surface area contributed by atoms with E-state index in [0.29, 0.717) is 35.1 Å². The minimum atomic E-state index is -0.731. The van der Waals surface area contributed by atoms with Crippen LogP contribution in [0.4, 0.5) is 5.69 Å². The van der Waals surface area contributed by atoms with Crippen molar-refractivity contribution in [2.45, 2.75) is 6.92 Å². The minimum Gasteiger partial charge on any atom is -0.494 e. The van der Waals surface area contributed by atoms with E-state index in [9.17, 15) is 14.4 Å². The van der Waals surface area contributed by atoms with E-state index in [4.69, 9.17) is 14.2 Å². The third-order valence-electron chi connectivity index (χ3n) is 4.28. The first-order chi connectivity index (χ1) is 16.0. The fourth-order valence-electron chi connectivity index (χ4n) is 2.78. The predicted molar refractivity (Wildman–Crippen MR) is 122 cm³/mol. The van der Waals surface area contributed by atoms with E-state index in [-0.39, 0.29) is 6.54 Å². The lowest BCUT2D eigenvalue weighted by atomic mass is 10.2. The first-order valence-corrected chi connectivity index (χ1v) is 10.3. The standard InChI is InChI=1S/C25H24N2O6/c1-2-31-20-13-11-18(12-14-20)25(30)26-16-24(29)32-17-23(28)27-19-7-6-10-22(15-19)33-21-8-4-3-5-9-21/h3-15H,2,16-17H2,1H3,(H,26,30)(H,27,28). The maximum absolute atomic E-state index is 12.1. The summed E-state index contributed by atoms with van der Waals surface area (Å²) in [5.74, 6) is 0.185. The van der Waals surface area contributed by atoms with Gasteiger partial charge >= 0.3 is 5.97 Å². The number of para-hydroxylation sites is 1. The number of hydrogen-bond donors (Lipinski definition) is 2. The van der Waals surface area contributed by atoms with Crippen LogP contribution in [0.1, 0.15) is 17.3 Å². The highest BCUT2D eigenvalue weighted by molar-refractivity contribution is 5.96. The van der Waals surface area contributed by atoms with Gasteiger partial charge in [-0.3, -0.25) is 14.4 Å². The molecule has 0 unspecified atom stereocenters. The molecule has 3 aromatic carbocycles. The Morgan fingerprint density at radius 1 is 0.818 bits per heavy atom. The summed E-state index contributed by atoms with van der Waals surface area (Å²) in [7, 11) is 0. The smallest absolute Gasteiger partial charge is 0.325 e. The van der Waals surface area contributed by atoms with E-state index in [0.717, 1.165) is 0 Å². The lowest BCUT2D eigenvalue weighted by molar-refractivity contribution is -0.146. The highest BCUT2D eigenvalue weighted by Crippen LogP contribution is 2.23. The van der Waals surface area contributed by atoms with Crippen LogP contribution in [0.25, 0.3) is 0 Å². The summed E-state index contributed by atoms with van der Waals surface area (Å²) in [6.45, 7) is 1.54. The molecule has 8 heteroatoms. The fourth-order valence-corrected chi connectivity index (χ4v) is 2.78. The summed E-state index contributed by atoms with van der Waals surface area (Å²) >= 11 is 0. The molecule has 3 rings (SSSR count). The summed E-state index contributed by atoms with van der Waals surface area (Å²) in [6.07, 6.45) is 0. The predicted octanol–water partition coefficient (Wildman–Crippen LogP) is 3.79. The second-order valence-electron chi connectivity index (χ2n) is 6.79. The molecule has 0 aliphatic heterocycles. The molecule has 0 aromatic heterocycles. The van der Waals surface area contributed by atoms with Gasteiger partial charge in [0.1, 0.15) is 23.8 Å². The number of carbonyl (C=O) groups is 3. The van der Waals surface area contributed by atoms with Gasteiger partial charge in [0.05, 0.1) is 6.61 Å². The van der Waals surface area contributed by atoms with E-state index in [2.05, 4.69) is 10.6 Å². The van der Waals surface area contributed by atoms with Crippen LogP contribution in [0.15, 0.2) is 78.9 Å². The molecule has 2 N–H and O–H groups in total. The number of ether oxygens (including phenoxy) is 3. The van der Waals surface area contributed by atoms with Gasteiger partial charge in [-0.1, -0.05) is 24.3 Å². The number of carbonyl (C=O) groups excluding carboxylic acids is 3. The van der Waals surface area contributed by atoms with Crippen molar-refractivity contribution in [3.63, 3.8) is 0 Å². The summed E-state index contributed by atoms with van der Waals surface area (Å²) in [5.41, 5.74) is 0.870. The normalized spacial score (nSPS) is 10.1. The summed E-state index contributed by atoms with van der Waals surface area (Å²) in [4.78, 5) is 36.1. The molecule has 0 bridgehead atoms. The molecule has 0 atom stereocenters. The van der Waals surface area contributed by atoms with Gasteiger partial charge in [0.2, 0.25) is 0 Å². The van der Waals surface area contributed by atoms with Crippen LogP contribution in [0, 0.1) is 0 Å². The van der Waals surface area contributed by atoms with Gasteiger partial charge in [0, 0.05) is 17.3 Å². The third kappa shape index (κ3) is 7.70. The average molecular weight is 448 g/mol. The quantitative estimate of drug-likeness (QED) is 0.458. The lowest BCUT2D eigenvalue weighted by Crippen LogP contribution is -2.32. The number of rotatable bonds is 10. The fraction of sp³-hybridized carbons (Fsp3) is 0.160. The summed E-state index contributed by atoms with van der Waals surface area (Å²) in [6, 6.07) is 22.6. The first-order valence-electron chi connectivity index (χ1n) is 10.3. The zero-order chi connectivity index (χ0) is 23.5. The zero-order valence-corrected chi connectivity index (χ0v) is 18.1. The van der Waals surface area contributed by atoms with Gasteiger partial charge in [0.25, 0.3) is 11.8 Å². The molecular weight excluding hydrogens is 424 g/mol. The van der Waals surface area contributed by atoms with Crippen LogP contribution in [0.3, 0.4) is 0 Å². The first kappa shape index (κ1) is 23.3. The molecule has 0 spiro atoms. The molecule has 0 saturated carbocycles. The van der Waals surface area contributed by atoms with Gasteiger partial charge in [-0.2, -0.15) is 0 Å². The van der Waals surface area contributed by atoms with E-state index in [1.54, 1.807) is 48.5 Å². The maximum atomic E-state index is 12.1. The number of amides is 2. The average Bonchev–Trinajstić information content (AvgIpc) is 2.83. The van der Waals surface area contributed by atoms with Crippen molar-refractivity contribution in [2.24, 2.45) is 0 Å². The Morgan fingerprint density at radius 3 is 2.27 bits per heavy atom. The van der Waals surface area contributed by atoms with Crippen molar-refractivity contribution in [2.75, 3.05) is 25.1 Å². The monoisotopic (exact) mass is 448 g/mol. The minimum absolute atomic E-state index is 0.361. The van der Waals surface area contributed by atoms with Crippen molar-refractivity contribution in [1.29, 1.82) is 0 Å². The van der Waals surface area contributed by atoms with E-state index >= 15 is 0 Å². The highest BCUT2D eigenvalue weighted by Gasteiger charge is 2.11. The lowest BCUT2D eigenvalue weighted by Gasteiger charge is -2.10. The molecule has 0 heterocycles. The van der Waals surface area contributed by atoms with E-state index < -0.39 is 24.4 Å². The van der Waals surface area contributed by atoms with Crippen molar-refractivity contribution in [3.05, 3.63) is 84.4 Å². The van der Waals surface area contributed by atoms with Crippen LogP contribution in [0.2, 0.25) is 0 Å². The van der Waals surface area contributed by atoms with Crippen LogP contribution in [0.5, 0.6) is 17.2 Å². The van der Waals surface area contributed by atoms with Crippen LogP contribution in [-0.4, -0.2) is 37.5 Å². The third-order valence-corrected chi connectivity index (χ3v) is 4.28. The molecule has 3 aromatic rings. The van der Waals surface area contributed by atoms with Gasteiger partial charge in [0.15, 0.2) is 6.61 Å². The van der Waals surface area contributed by atoms with Crippen LogP contribution >= 0.6 is 0 Å². The van der Waals surface area contributed by atoms with Gasteiger partial charge in [-0.15, -0.1) is 0 Å². The molecule has 2 amide bonds. The molecule has 33 heavy (non-hydrogen) atoms. The SMILES string of the molecule is CCOc1ccc(C(=O)NCC(=O)OCC(=O)Nc2cccc(Oc3ccccc3)c2)cc1. The molecule has 8 nitrogen and oxygen atoms in total. The molecule has 0 aliphatic rings. The van der Waals surface area contributed by atoms with Crippen LogP contribution < -0.4 is 20.1 Å². The maximum Gasteiger partial charge on any atom is 0.325 e. The molecule has 0 saturated heterocycles. The molecular formula is C25H24N2O6. The van der Waals surface area contributed by atoms with Crippen LogP contribution in [-0.2, 0) is 14.3 Å². The van der Waals surface area contributed by atoms with E-state index in [1.807, 2.05) is 37.3 Å². The Morgan fingerprint density at radius 2 is 1.55 bits per heavy atom. The summed E-state index contributed by atoms with van der Waals surface area (Å²) < 4.78 is 16.0. The Hall–Kier alpha value is -4.33. The number of anilines is 1. The van der Waals surface area contributed by atoms with Crippen molar-refractivity contribution < 1.29 is 28.6 Å². The highest BCUT2D eigenvalue weighted by atomic mass is 16.5. The Kier molecular flexibility index (Phi) is 8.41. The van der Waals surface area contributed by atoms with Gasteiger partial charge in [-0.25, -0.2) is 0 Å². The zero-order valence-electron chi connectivity index (χ0n) is 18.1. The topological polar surface area (TPSA) is 103 Å². The van der Waals surface area contributed by atoms with E-state index in [1.165, 1.54) is 0 Å². The largest absolute Gasteiger partial charge is 0.494 e. The van der Waals surface area contributed by atoms with Gasteiger partial charge in [-0.05, 0) is 55.5 Å². The number of esters is 1. The Balaban J connectivity index is 1.41. The van der Waals surface area contributed by atoms with Crippen molar-refractivity contribution in [3.8, 4) is 17.2 Å².